The highest BCUT2D eigenvalue weighted by Gasteiger charge is 2.40. The van der Waals surface area contributed by atoms with Gasteiger partial charge in [-0.15, -0.1) is 0 Å². The van der Waals surface area contributed by atoms with Gasteiger partial charge in [-0.05, 0) is 49.2 Å². The number of hydrogen-bond acceptors (Lipinski definition) is 2. The monoisotopic (exact) mass is 432 g/mol. The van der Waals surface area contributed by atoms with Crippen LogP contribution in [0, 0.1) is 13.8 Å². The molecule has 0 bridgehead atoms. The largest absolute Gasteiger partial charge is 0.464 e. The van der Waals surface area contributed by atoms with Gasteiger partial charge >= 0.3 is 0 Å². The molecule has 33 heavy (non-hydrogen) atoms. The van der Waals surface area contributed by atoms with E-state index < -0.39 is 0 Å². The van der Waals surface area contributed by atoms with Crippen LogP contribution in [0.15, 0.2) is 89.3 Å². The molecule has 4 heteroatoms. The number of H-pyrrole nitrogens is 1. The van der Waals surface area contributed by atoms with Crippen LogP contribution in [0.1, 0.15) is 44.6 Å². The summed E-state index contributed by atoms with van der Waals surface area (Å²) >= 11 is 0. The molecular formula is C29H24N2O2. The summed E-state index contributed by atoms with van der Waals surface area (Å²) in [7, 11) is 0. The van der Waals surface area contributed by atoms with Gasteiger partial charge in [0.25, 0.3) is 5.91 Å². The SMILES string of the molecule is Cc1ccc(-c2[nH]c3ccccc3c2[C@H]2c3ccccc3C(=O)N2Cc2ccc(C)o2)cc1. The van der Waals surface area contributed by atoms with Crippen LogP contribution in [0.2, 0.25) is 0 Å². The molecule has 0 unspecified atom stereocenters. The lowest BCUT2D eigenvalue weighted by atomic mass is 9.93. The van der Waals surface area contributed by atoms with Crippen LogP contribution < -0.4 is 0 Å². The van der Waals surface area contributed by atoms with Crippen molar-refractivity contribution in [3.05, 3.63) is 119 Å². The molecule has 3 aromatic carbocycles. The van der Waals surface area contributed by atoms with Crippen molar-refractivity contribution in [2.45, 2.75) is 26.4 Å². The maximum atomic E-state index is 13.6. The number of benzene rings is 3. The molecular weight excluding hydrogens is 408 g/mol. The molecule has 0 aliphatic carbocycles. The zero-order valence-electron chi connectivity index (χ0n) is 18.6. The summed E-state index contributed by atoms with van der Waals surface area (Å²) < 4.78 is 5.87. The number of carbonyl (C=O) groups is 1. The molecule has 6 rings (SSSR count). The lowest BCUT2D eigenvalue weighted by Gasteiger charge is -2.26. The number of amides is 1. The lowest BCUT2D eigenvalue weighted by molar-refractivity contribution is 0.0723. The van der Waals surface area contributed by atoms with E-state index in [0.29, 0.717) is 6.54 Å². The summed E-state index contributed by atoms with van der Waals surface area (Å²) in [5, 5.41) is 1.13. The highest BCUT2D eigenvalue weighted by Crippen LogP contribution is 2.46. The molecule has 162 valence electrons. The van der Waals surface area contributed by atoms with Gasteiger partial charge in [-0.3, -0.25) is 4.79 Å². The second-order valence-electron chi connectivity index (χ2n) is 8.76. The summed E-state index contributed by atoms with van der Waals surface area (Å²) in [5.74, 6) is 1.67. The number of nitrogens with zero attached hydrogens (tertiary/aromatic N) is 1. The van der Waals surface area contributed by atoms with E-state index in [1.807, 2.05) is 48.2 Å². The molecule has 2 aromatic heterocycles. The first-order valence-electron chi connectivity index (χ1n) is 11.2. The lowest BCUT2D eigenvalue weighted by Crippen LogP contribution is -2.28. The predicted molar refractivity (Wildman–Crippen MR) is 130 cm³/mol. The van der Waals surface area contributed by atoms with E-state index in [4.69, 9.17) is 4.42 Å². The van der Waals surface area contributed by atoms with Gasteiger partial charge in [-0.1, -0.05) is 66.2 Å². The number of fused-ring (bicyclic) bond motifs is 2. The third kappa shape index (κ3) is 3.18. The van der Waals surface area contributed by atoms with Crippen LogP contribution in [0.5, 0.6) is 0 Å². The molecule has 4 nitrogen and oxygen atoms in total. The molecule has 0 radical (unpaired) electrons. The number of rotatable bonds is 4. The molecule has 5 aromatic rings. The molecule has 3 heterocycles. The van der Waals surface area contributed by atoms with Gasteiger partial charge in [0.05, 0.1) is 18.3 Å². The number of aromatic nitrogens is 1. The topological polar surface area (TPSA) is 49.2 Å². The minimum Gasteiger partial charge on any atom is -0.464 e. The van der Waals surface area contributed by atoms with Crippen molar-refractivity contribution in [3.8, 4) is 11.3 Å². The number of nitrogens with one attached hydrogen (secondary N) is 1. The standard InChI is InChI=1S/C29H24N2O2/c1-18-11-14-20(15-12-18)27-26(24-9-5-6-10-25(24)30-27)28-22-7-3-4-8-23(22)29(32)31(28)17-21-16-13-19(2)33-21/h3-16,28,30H,17H2,1-2H3/t28-/m1/s1. The van der Waals surface area contributed by atoms with E-state index in [1.54, 1.807) is 0 Å². The zero-order chi connectivity index (χ0) is 22.5. The van der Waals surface area contributed by atoms with E-state index in [9.17, 15) is 4.79 Å². The van der Waals surface area contributed by atoms with Gasteiger partial charge < -0.3 is 14.3 Å². The van der Waals surface area contributed by atoms with E-state index in [-0.39, 0.29) is 11.9 Å². The Labute approximate surface area is 192 Å². The Bertz CT molecular complexity index is 1490. The van der Waals surface area contributed by atoms with Gasteiger partial charge in [0.1, 0.15) is 11.5 Å². The maximum Gasteiger partial charge on any atom is 0.255 e. The highest BCUT2D eigenvalue weighted by molar-refractivity contribution is 6.02. The molecule has 0 saturated carbocycles. The Morgan fingerprint density at radius 3 is 2.42 bits per heavy atom. The third-order valence-electron chi connectivity index (χ3n) is 6.54. The van der Waals surface area contributed by atoms with Crippen LogP contribution in [-0.4, -0.2) is 15.8 Å². The fourth-order valence-electron chi connectivity index (χ4n) is 4.98. The van der Waals surface area contributed by atoms with E-state index in [0.717, 1.165) is 50.4 Å². The number of aromatic amines is 1. The van der Waals surface area contributed by atoms with Crippen LogP contribution >= 0.6 is 0 Å². The molecule has 1 amide bonds. The Hall–Kier alpha value is -4.05. The normalized spacial score (nSPS) is 15.4. The van der Waals surface area contributed by atoms with Crippen LogP contribution in [0.3, 0.4) is 0 Å². The van der Waals surface area contributed by atoms with E-state index in [1.165, 1.54) is 5.56 Å². The summed E-state index contributed by atoms with van der Waals surface area (Å²) in [6, 6.07) is 28.5. The molecule has 0 fully saturated rings. The number of carbonyl (C=O) groups excluding carboxylic acids is 1. The van der Waals surface area contributed by atoms with Crippen molar-refractivity contribution in [3.63, 3.8) is 0 Å². The summed E-state index contributed by atoms with van der Waals surface area (Å²) in [6.45, 7) is 4.43. The van der Waals surface area contributed by atoms with Crippen molar-refractivity contribution in [2.75, 3.05) is 0 Å². The Balaban J connectivity index is 1.60. The molecule has 1 aliphatic rings. The average molecular weight is 433 g/mol. The third-order valence-corrected chi connectivity index (χ3v) is 6.54. The number of hydrogen-bond donors (Lipinski definition) is 1. The average Bonchev–Trinajstić information content (AvgIpc) is 3.49. The quantitative estimate of drug-likeness (QED) is 0.340. The maximum absolute atomic E-state index is 13.6. The van der Waals surface area contributed by atoms with Crippen molar-refractivity contribution in [1.29, 1.82) is 0 Å². The van der Waals surface area contributed by atoms with Gasteiger partial charge in [0.15, 0.2) is 0 Å². The number of para-hydroxylation sites is 1. The fourth-order valence-corrected chi connectivity index (χ4v) is 4.98. The summed E-state index contributed by atoms with van der Waals surface area (Å²) in [4.78, 5) is 19.2. The predicted octanol–water partition coefficient (Wildman–Crippen LogP) is 6.79. The Kier molecular flexibility index (Phi) is 4.47. The first kappa shape index (κ1) is 19.6. The molecule has 1 N–H and O–H groups in total. The van der Waals surface area contributed by atoms with E-state index >= 15 is 0 Å². The van der Waals surface area contributed by atoms with Gasteiger partial charge in [0.2, 0.25) is 0 Å². The van der Waals surface area contributed by atoms with Crippen molar-refractivity contribution < 1.29 is 9.21 Å². The number of furan rings is 1. The minimum absolute atomic E-state index is 0.0322. The zero-order valence-corrected chi connectivity index (χ0v) is 18.6. The summed E-state index contributed by atoms with van der Waals surface area (Å²) in [6.07, 6.45) is 0. The highest BCUT2D eigenvalue weighted by atomic mass is 16.3. The fraction of sp³-hybridized carbons (Fsp3) is 0.138. The van der Waals surface area contributed by atoms with Crippen LogP contribution in [-0.2, 0) is 6.54 Å². The molecule has 1 aliphatic heterocycles. The Morgan fingerprint density at radius 1 is 0.879 bits per heavy atom. The van der Waals surface area contributed by atoms with Crippen LogP contribution in [0.4, 0.5) is 0 Å². The first-order valence-corrected chi connectivity index (χ1v) is 11.2. The van der Waals surface area contributed by atoms with Crippen molar-refractivity contribution >= 4 is 16.8 Å². The van der Waals surface area contributed by atoms with Gasteiger partial charge in [0, 0.05) is 22.0 Å². The van der Waals surface area contributed by atoms with E-state index in [2.05, 4.69) is 60.4 Å². The summed E-state index contributed by atoms with van der Waals surface area (Å²) in [5.41, 5.74) is 7.34. The van der Waals surface area contributed by atoms with Crippen molar-refractivity contribution in [1.82, 2.24) is 9.88 Å². The Morgan fingerprint density at radius 2 is 1.64 bits per heavy atom. The first-order chi connectivity index (χ1) is 16.1. The minimum atomic E-state index is -0.216. The molecule has 1 atom stereocenters. The van der Waals surface area contributed by atoms with Crippen LogP contribution in [0.25, 0.3) is 22.2 Å². The smallest absolute Gasteiger partial charge is 0.255 e. The number of aryl methyl sites for hydroxylation is 2. The van der Waals surface area contributed by atoms with Crippen molar-refractivity contribution in [2.24, 2.45) is 0 Å². The molecule has 0 spiro atoms. The van der Waals surface area contributed by atoms with Gasteiger partial charge in [-0.25, -0.2) is 0 Å². The molecule has 0 saturated heterocycles. The second kappa shape index (κ2) is 7.52. The van der Waals surface area contributed by atoms with Gasteiger partial charge in [-0.2, -0.15) is 0 Å². The second-order valence-corrected chi connectivity index (χ2v) is 8.76.